The summed E-state index contributed by atoms with van der Waals surface area (Å²) in [6, 6.07) is 9.59. The lowest BCUT2D eigenvalue weighted by atomic mass is 10.1. The Bertz CT molecular complexity index is 938. The Morgan fingerprint density at radius 1 is 1.27 bits per heavy atom. The van der Waals surface area contributed by atoms with Crippen molar-refractivity contribution in [2.75, 3.05) is 13.6 Å². The normalized spacial score (nSPS) is 11.7. The van der Waals surface area contributed by atoms with Crippen molar-refractivity contribution in [1.82, 2.24) is 15.6 Å². The van der Waals surface area contributed by atoms with Crippen molar-refractivity contribution in [2.45, 2.75) is 19.9 Å². The van der Waals surface area contributed by atoms with Crippen molar-refractivity contribution >= 4 is 22.8 Å². The number of guanidine groups is 1. The first kappa shape index (κ1) is 17.6. The van der Waals surface area contributed by atoms with E-state index in [1.807, 2.05) is 0 Å². The van der Waals surface area contributed by atoms with Gasteiger partial charge in [0.2, 0.25) is 0 Å². The van der Waals surface area contributed by atoms with Gasteiger partial charge in [-0.25, -0.2) is 0 Å². The number of carbonyl (C=O) groups is 1. The first-order chi connectivity index (χ1) is 12.6. The Balaban J connectivity index is 1.52. The zero-order valence-corrected chi connectivity index (χ0v) is 14.9. The average molecular weight is 353 g/mol. The minimum absolute atomic E-state index is 0.152. The summed E-state index contributed by atoms with van der Waals surface area (Å²) in [6.07, 6.45) is 2.93. The van der Waals surface area contributed by atoms with Gasteiger partial charge in [0.25, 0.3) is 5.91 Å². The van der Waals surface area contributed by atoms with Crippen LogP contribution in [0.1, 0.15) is 27.4 Å². The van der Waals surface area contributed by atoms with Crippen molar-refractivity contribution in [1.29, 1.82) is 0 Å². The second-order valence-corrected chi connectivity index (χ2v) is 6.04. The standard InChI is InChI=1S/C19H23N5O2/c1-12-4-3-5-15-13(10-23-17(12)15)8-9-22-19(21-2)24-11-14-6-7-16(26-14)18(20)25/h3-7,10,23H,8-9,11H2,1-2H3,(H2,20,25)(H2,21,22,24). The van der Waals surface area contributed by atoms with E-state index < -0.39 is 5.91 Å². The third kappa shape index (κ3) is 3.88. The van der Waals surface area contributed by atoms with Gasteiger partial charge in [-0.05, 0) is 36.6 Å². The number of H-pyrrole nitrogens is 1. The van der Waals surface area contributed by atoms with Gasteiger partial charge in [-0.2, -0.15) is 0 Å². The number of hydrogen-bond donors (Lipinski definition) is 4. The Kier molecular flexibility index (Phi) is 5.26. The smallest absolute Gasteiger partial charge is 0.284 e. The van der Waals surface area contributed by atoms with E-state index in [1.165, 1.54) is 22.0 Å². The average Bonchev–Trinajstić information content (AvgIpc) is 3.26. The van der Waals surface area contributed by atoms with E-state index in [9.17, 15) is 4.79 Å². The van der Waals surface area contributed by atoms with Gasteiger partial charge in [0.15, 0.2) is 11.7 Å². The molecule has 0 radical (unpaired) electrons. The third-order valence-electron chi connectivity index (χ3n) is 4.25. The number of nitrogens with one attached hydrogen (secondary N) is 3. The molecule has 0 aliphatic heterocycles. The van der Waals surface area contributed by atoms with Crippen molar-refractivity contribution < 1.29 is 9.21 Å². The molecule has 1 amide bonds. The van der Waals surface area contributed by atoms with Crippen LogP contribution in [-0.4, -0.2) is 30.4 Å². The van der Waals surface area contributed by atoms with Crippen LogP contribution in [-0.2, 0) is 13.0 Å². The first-order valence-corrected chi connectivity index (χ1v) is 8.47. The van der Waals surface area contributed by atoms with Gasteiger partial charge in [0, 0.05) is 30.7 Å². The Hall–Kier alpha value is -3.22. The zero-order valence-electron chi connectivity index (χ0n) is 14.9. The van der Waals surface area contributed by atoms with Crippen LogP contribution in [0.15, 0.2) is 45.9 Å². The largest absolute Gasteiger partial charge is 0.454 e. The van der Waals surface area contributed by atoms with Crippen LogP contribution in [0, 0.1) is 6.92 Å². The van der Waals surface area contributed by atoms with E-state index in [0.29, 0.717) is 18.3 Å². The van der Waals surface area contributed by atoms with E-state index in [2.05, 4.69) is 51.9 Å². The maximum absolute atomic E-state index is 11.0. The van der Waals surface area contributed by atoms with E-state index in [1.54, 1.807) is 19.2 Å². The number of hydrogen-bond acceptors (Lipinski definition) is 3. The predicted octanol–water partition coefficient (Wildman–Crippen LogP) is 2.08. The predicted molar refractivity (Wildman–Crippen MR) is 102 cm³/mol. The number of nitrogens with zero attached hydrogens (tertiary/aromatic N) is 1. The molecule has 0 saturated carbocycles. The van der Waals surface area contributed by atoms with Crippen molar-refractivity contribution in [3.8, 4) is 0 Å². The van der Waals surface area contributed by atoms with Gasteiger partial charge < -0.3 is 25.8 Å². The van der Waals surface area contributed by atoms with E-state index in [4.69, 9.17) is 10.2 Å². The summed E-state index contributed by atoms with van der Waals surface area (Å²) in [6.45, 7) is 3.26. The molecule has 7 nitrogen and oxygen atoms in total. The number of amides is 1. The fourth-order valence-electron chi connectivity index (χ4n) is 2.88. The monoisotopic (exact) mass is 353 g/mol. The summed E-state index contributed by atoms with van der Waals surface area (Å²) < 4.78 is 5.34. The Morgan fingerprint density at radius 3 is 2.85 bits per heavy atom. The zero-order chi connectivity index (χ0) is 18.5. The van der Waals surface area contributed by atoms with Crippen LogP contribution < -0.4 is 16.4 Å². The molecule has 0 bridgehead atoms. The molecule has 0 fully saturated rings. The van der Waals surface area contributed by atoms with E-state index in [-0.39, 0.29) is 5.76 Å². The highest BCUT2D eigenvalue weighted by Crippen LogP contribution is 2.21. The van der Waals surface area contributed by atoms with Crippen LogP contribution in [0.3, 0.4) is 0 Å². The summed E-state index contributed by atoms with van der Waals surface area (Å²) in [5.41, 5.74) is 8.88. The molecule has 0 aliphatic rings. The molecular formula is C19H23N5O2. The Labute approximate surface area is 151 Å². The lowest BCUT2D eigenvalue weighted by molar-refractivity contribution is 0.0972. The summed E-state index contributed by atoms with van der Waals surface area (Å²) >= 11 is 0. The van der Waals surface area contributed by atoms with Crippen molar-refractivity contribution in [3.63, 3.8) is 0 Å². The van der Waals surface area contributed by atoms with Gasteiger partial charge >= 0.3 is 0 Å². The van der Waals surface area contributed by atoms with Crippen molar-refractivity contribution in [2.24, 2.45) is 10.7 Å². The van der Waals surface area contributed by atoms with Crippen LogP contribution in [0.4, 0.5) is 0 Å². The molecule has 0 unspecified atom stereocenters. The number of aliphatic imine (C=N–C) groups is 1. The maximum Gasteiger partial charge on any atom is 0.284 e. The van der Waals surface area contributed by atoms with E-state index in [0.717, 1.165) is 13.0 Å². The van der Waals surface area contributed by atoms with Crippen LogP contribution >= 0.6 is 0 Å². The number of fused-ring (bicyclic) bond motifs is 1. The molecule has 3 aromatic rings. The minimum Gasteiger partial charge on any atom is -0.454 e. The molecule has 1 aromatic carbocycles. The topological polar surface area (TPSA) is 108 Å². The molecule has 26 heavy (non-hydrogen) atoms. The molecule has 2 heterocycles. The van der Waals surface area contributed by atoms with E-state index >= 15 is 0 Å². The molecule has 2 aromatic heterocycles. The number of furan rings is 1. The van der Waals surface area contributed by atoms with Crippen molar-refractivity contribution in [3.05, 3.63) is 59.2 Å². The number of aryl methyl sites for hydroxylation is 1. The first-order valence-electron chi connectivity index (χ1n) is 8.47. The minimum atomic E-state index is -0.576. The third-order valence-corrected chi connectivity index (χ3v) is 4.25. The molecule has 0 spiro atoms. The van der Waals surface area contributed by atoms with Gasteiger partial charge in [-0.1, -0.05) is 18.2 Å². The van der Waals surface area contributed by atoms with Gasteiger partial charge in [0.1, 0.15) is 5.76 Å². The molecule has 7 heteroatoms. The number of nitrogens with two attached hydrogens (primary N) is 1. The second-order valence-electron chi connectivity index (χ2n) is 6.04. The molecule has 0 aliphatic carbocycles. The summed E-state index contributed by atoms with van der Waals surface area (Å²) in [4.78, 5) is 18.6. The second kappa shape index (κ2) is 7.77. The molecule has 0 atom stereocenters. The van der Waals surface area contributed by atoms with Crippen LogP contribution in [0.25, 0.3) is 10.9 Å². The van der Waals surface area contributed by atoms with Crippen LogP contribution in [0.2, 0.25) is 0 Å². The molecule has 3 rings (SSSR count). The number of aromatic nitrogens is 1. The molecule has 5 N–H and O–H groups in total. The number of benzene rings is 1. The number of rotatable bonds is 6. The quantitative estimate of drug-likeness (QED) is 0.402. The number of carbonyl (C=O) groups excluding carboxylic acids is 1. The highest BCUT2D eigenvalue weighted by atomic mass is 16.3. The lowest BCUT2D eigenvalue weighted by Crippen LogP contribution is -2.37. The highest BCUT2D eigenvalue weighted by Gasteiger charge is 2.08. The number of aromatic amines is 1. The fraction of sp³-hybridized carbons (Fsp3) is 0.263. The number of primary amides is 1. The van der Waals surface area contributed by atoms with Gasteiger partial charge in [-0.3, -0.25) is 9.79 Å². The van der Waals surface area contributed by atoms with Gasteiger partial charge in [0.05, 0.1) is 6.54 Å². The highest BCUT2D eigenvalue weighted by molar-refractivity contribution is 5.90. The molecule has 136 valence electrons. The van der Waals surface area contributed by atoms with Gasteiger partial charge in [-0.15, -0.1) is 0 Å². The lowest BCUT2D eigenvalue weighted by Gasteiger charge is -2.10. The molecular weight excluding hydrogens is 330 g/mol. The SMILES string of the molecule is CN=C(NCCc1c[nH]c2c(C)cccc12)NCc1ccc(C(N)=O)o1. The fourth-order valence-corrected chi connectivity index (χ4v) is 2.88. The summed E-state index contributed by atoms with van der Waals surface area (Å²) in [5, 5.41) is 7.68. The molecule has 0 saturated heterocycles. The number of para-hydroxylation sites is 1. The summed E-state index contributed by atoms with van der Waals surface area (Å²) in [5.74, 6) is 0.860. The van der Waals surface area contributed by atoms with Crippen LogP contribution in [0.5, 0.6) is 0 Å². The summed E-state index contributed by atoms with van der Waals surface area (Å²) in [7, 11) is 1.71. The Morgan fingerprint density at radius 2 is 2.12 bits per heavy atom. The maximum atomic E-state index is 11.0.